The summed E-state index contributed by atoms with van der Waals surface area (Å²) in [5.74, 6) is 1.11. The predicted octanol–water partition coefficient (Wildman–Crippen LogP) is 3.46. The molecule has 3 rings (SSSR count). The summed E-state index contributed by atoms with van der Waals surface area (Å²) in [6, 6.07) is 6.21. The van der Waals surface area contributed by atoms with E-state index in [9.17, 15) is 4.79 Å². The molecule has 2 heterocycles. The maximum Gasteiger partial charge on any atom is 0.143 e. The van der Waals surface area contributed by atoms with Crippen LogP contribution in [0.3, 0.4) is 0 Å². The molecule has 2 aliphatic rings. The molecule has 1 aromatic rings. The highest BCUT2D eigenvalue weighted by molar-refractivity contribution is 6.31. The Bertz CT molecular complexity index is 605. The van der Waals surface area contributed by atoms with Gasteiger partial charge in [0.1, 0.15) is 5.78 Å². The minimum absolute atomic E-state index is 0.288. The zero-order valence-corrected chi connectivity index (χ0v) is 17.0. The molecule has 2 saturated heterocycles. The summed E-state index contributed by atoms with van der Waals surface area (Å²) in [5, 5.41) is 0.862. The average molecular weight is 378 g/mol. The van der Waals surface area contributed by atoms with Crippen molar-refractivity contribution in [1.82, 2.24) is 9.80 Å². The zero-order valence-electron chi connectivity index (χ0n) is 16.2. The van der Waals surface area contributed by atoms with E-state index in [1.807, 2.05) is 6.07 Å². The Kier molecular flexibility index (Phi) is 6.96. The number of piperazine rings is 1. The van der Waals surface area contributed by atoms with E-state index in [2.05, 4.69) is 33.8 Å². The Morgan fingerprint density at radius 3 is 2.42 bits per heavy atom. The van der Waals surface area contributed by atoms with Gasteiger partial charge in [-0.2, -0.15) is 0 Å². The molecule has 0 N–H and O–H groups in total. The number of nitrogens with zero attached hydrogens (tertiary/aromatic N) is 3. The summed E-state index contributed by atoms with van der Waals surface area (Å²) in [6.07, 6.45) is 3.79. The Labute approximate surface area is 163 Å². The van der Waals surface area contributed by atoms with E-state index in [0.717, 1.165) is 50.2 Å². The first kappa shape index (κ1) is 19.7. The van der Waals surface area contributed by atoms with Crippen LogP contribution in [0.25, 0.3) is 0 Å². The van der Waals surface area contributed by atoms with Crippen molar-refractivity contribution in [1.29, 1.82) is 0 Å². The standard InChI is InChI=1S/C21H32ClN3O/c1-17(26)16-24-10-7-19(8-11-24)6-9-23-12-14-25(15-13-23)21-5-3-4-20(22)18(21)2/h3-5,19H,6-16H2,1-2H3. The fourth-order valence-corrected chi connectivity index (χ4v) is 4.43. The molecular weight excluding hydrogens is 346 g/mol. The number of ketones is 1. The number of benzene rings is 1. The van der Waals surface area contributed by atoms with Gasteiger partial charge in [-0.3, -0.25) is 14.6 Å². The average Bonchev–Trinajstić information content (AvgIpc) is 2.63. The number of piperidine rings is 1. The molecule has 0 amide bonds. The molecule has 0 bridgehead atoms. The third-order valence-electron chi connectivity index (χ3n) is 5.96. The van der Waals surface area contributed by atoms with Crippen LogP contribution in [-0.4, -0.2) is 67.9 Å². The first-order valence-corrected chi connectivity index (χ1v) is 10.3. The number of carbonyl (C=O) groups excluding carboxylic acids is 1. The van der Waals surface area contributed by atoms with E-state index in [0.29, 0.717) is 6.54 Å². The summed E-state index contributed by atoms with van der Waals surface area (Å²) < 4.78 is 0. The second kappa shape index (κ2) is 9.20. The monoisotopic (exact) mass is 377 g/mol. The quantitative estimate of drug-likeness (QED) is 0.758. The summed E-state index contributed by atoms with van der Waals surface area (Å²) in [5.41, 5.74) is 2.48. The van der Waals surface area contributed by atoms with Gasteiger partial charge in [-0.1, -0.05) is 17.7 Å². The highest BCUT2D eigenvalue weighted by atomic mass is 35.5. The van der Waals surface area contributed by atoms with Crippen molar-refractivity contribution in [2.75, 3.05) is 57.3 Å². The van der Waals surface area contributed by atoms with E-state index in [4.69, 9.17) is 11.6 Å². The summed E-state index contributed by atoms with van der Waals surface area (Å²) >= 11 is 6.28. The molecule has 26 heavy (non-hydrogen) atoms. The number of hydrogen-bond acceptors (Lipinski definition) is 4. The highest BCUT2D eigenvalue weighted by Crippen LogP contribution is 2.27. The van der Waals surface area contributed by atoms with Crippen LogP contribution >= 0.6 is 11.6 Å². The molecule has 0 spiro atoms. The van der Waals surface area contributed by atoms with Gasteiger partial charge in [0.15, 0.2) is 0 Å². The van der Waals surface area contributed by atoms with E-state index in [-0.39, 0.29) is 5.78 Å². The molecule has 0 atom stereocenters. The number of carbonyl (C=O) groups is 1. The number of likely N-dealkylation sites (tertiary alicyclic amines) is 1. The maximum atomic E-state index is 11.2. The molecule has 0 aliphatic carbocycles. The topological polar surface area (TPSA) is 26.8 Å². The molecule has 2 fully saturated rings. The minimum Gasteiger partial charge on any atom is -0.369 e. The smallest absolute Gasteiger partial charge is 0.143 e. The lowest BCUT2D eigenvalue weighted by molar-refractivity contribution is -0.118. The lowest BCUT2D eigenvalue weighted by atomic mass is 9.93. The third-order valence-corrected chi connectivity index (χ3v) is 6.37. The molecule has 4 nitrogen and oxygen atoms in total. The first-order valence-electron chi connectivity index (χ1n) is 9.97. The van der Waals surface area contributed by atoms with E-state index < -0.39 is 0 Å². The van der Waals surface area contributed by atoms with Crippen LogP contribution in [0.5, 0.6) is 0 Å². The van der Waals surface area contributed by atoms with Crippen LogP contribution < -0.4 is 4.90 Å². The van der Waals surface area contributed by atoms with E-state index in [1.54, 1.807) is 6.92 Å². The molecular formula is C21H32ClN3O. The van der Waals surface area contributed by atoms with Crippen molar-refractivity contribution < 1.29 is 4.79 Å². The Morgan fingerprint density at radius 2 is 1.77 bits per heavy atom. The molecule has 0 unspecified atom stereocenters. The van der Waals surface area contributed by atoms with Crippen molar-refractivity contribution in [2.45, 2.75) is 33.1 Å². The van der Waals surface area contributed by atoms with Gasteiger partial charge >= 0.3 is 0 Å². The lowest BCUT2D eigenvalue weighted by Crippen LogP contribution is -2.47. The number of Topliss-reactive ketones (excluding diaryl/α,β-unsaturated/α-hetero) is 1. The minimum atomic E-state index is 0.288. The van der Waals surface area contributed by atoms with Crippen LogP contribution in [0.2, 0.25) is 5.02 Å². The number of anilines is 1. The second-order valence-corrected chi connectivity index (χ2v) is 8.33. The Balaban J connectivity index is 1.38. The molecule has 0 radical (unpaired) electrons. The van der Waals surface area contributed by atoms with Crippen LogP contribution in [-0.2, 0) is 4.79 Å². The van der Waals surface area contributed by atoms with Crippen molar-refractivity contribution in [3.63, 3.8) is 0 Å². The van der Waals surface area contributed by atoms with Gasteiger partial charge in [-0.25, -0.2) is 0 Å². The summed E-state index contributed by atoms with van der Waals surface area (Å²) in [7, 11) is 0. The van der Waals surface area contributed by atoms with E-state index >= 15 is 0 Å². The normalized spacial score (nSPS) is 20.5. The van der Waals surface area contributed by atoms with Gasteiger partial charge in [0.25, 0.3) is 0 Å². The van der Waals surface area contributed by atoms with Gasteiger partial charge in [0.05, 0.1) is 6.54 Å². The highest BCUT2D eigenvalue weighted by Gasteiger charge is 2.22. The van der Waals surface area contributed by atoms with Gasteiger partial charge < -0.3 is 4.90 Å². The Hall–Kier alpha value is -1.10. The van der Waals surface area contributed by atoms with E-state index in [1.165, 1.54) is 37.1 Å². The second-order valence-electron chi connectivity index (χ2n) is 7.92. The zero-order chi connectivity index (χ0) is 18.5. The molecule has 2 aliphatic heterocycles. The van der Waals surface area contributed by atoms with Crippen LogP contribution in [0.4, 0.5) is 5.69 Å². The van der Waals surface area contributed by atoms with Gasteiger partial charge in [-0.15, -0.1) is 0 Å². The van der Waals surface area contributed by atoms with Crippen molar-refractivity contribution in [2.24, 2.45) is 5.92 Å². The molecule has 1 aromatic carbocycles. The van der Waals surface area contributed by atoms with Crippen LogP contribution in [0.15, 0.2) is 18.2 Å². The number of hydrogen-bond donors (Lipinski definition) is 0. The largest absolute Gasteiger partial charge is 0.369 e. The molecule has 0 saturated carbocycles. The van der Waals surface area contributed by atoms with Crippen molar-refractivity contribution in [3.05, 3.63) is 28.8 Å². The van der Waals surface area contributed by atoms with Gasteiger partial charge in [-0.05, 0) is 76.4 Å². The van der Waals surface area contributed by atoms with Crippen LogP contribution in [0.1, 0.15) is 31.7 Å². The van der Waals surface area contributed by atoms with Crippen molar-refractivity contribution in [3.8, 4) is 0 Å². The first-order chi connectivity index (χ1) is 12.5. The predicted molar refractivity (Wildman–Crippen MR) is 109 cm³/mol. The number of rotatable bonds is 6. The van der Waals surface area contributed by atoms with Crippen molar-refractivity contribution >= 4 is 23.1 Å². The van der Waals surface area contributed by atoms with Crippen LogP contribution in [0, 0.1) is 12.8 Å². The van der Waals surface area contributed by atoms with Gasteiger partial charge in [0.2, 0.25) is 0 Å². The van der Waals surface area contributed by atoms with Gasteiger partial charge in [0, 0.05) is 36.9 Å². The maximum absolute atomic E-state index is 11.2. The summed E-state index contributed by atoms with van der Waals surface area (Å²) in [4.78, 5) is 18.6. The molecule has 144 valence electrons. The molecule has 0 aromatic heterocycles. The number of halogens is 1. The third kappa shape index (κ3) is 5.21. The molecule has 5 heteroatoms. The fraction of sp³-hybridized carbons (Fsp3) is 0.667. The SMILES string of the molecule is CC(=O)CN1CCC(CCN2CCN(c3cccc(Cl)c3C)CC2)CC1. The lowest BCUT2D eigenvalue weighted by Gasteiger charge is -2.38. The summed E-state index contributed by atoms with van der Waals surface area (Å²) in [6.45, 7) is 12.3. The fourth-order valence-electron chi connectivity index (χ4n) is 4.26. The Morgan fingerprint density at radius 1 is 1.08 bits per heavy atom.